The first-order chi connectivity index (χ1) is 15.0. The minimum atomic E-state index is -1.22. The van der Waals surface area contributed by atoms with Crippen LogP contribution in [0, 0.1) is 0 Å². The average Bonchev–Trinajstić information content (AvgIpc) is 3.15. The van der Waals surface area contributed by atoms with Crippen LogP contribution in [-0.2, 0) is 19.1 Å². The lowest BCUT2D eigenvalue weighted by Gasteiger charge is -2.28. The Morgan fingerprint density at radius 3 is 2.52 bits per heavy atom. The number of pyridine rings is 1. The van der Waals surface area contributed by atoms with E-state index in [9.17, 15) is 5.11 Å². The summed E-state index contributed by atoms with van der Waals surface area (Å²) in [6.45, 7) is 6.35. The number of aromatic nitrogens is 3. The van der Waals surface area contributed by atoms with Gasteiger partial charge in [0.25, 0.3) is 0 Å². The zero-order valence-corrected chi connectivity index (χ0v) is 18.7. The fourth-order valence-electron chi connectivity index (χ4n) is 4.07. The van der Waals surface area contributed by atoms with Crippen LogP contribution in [0.15, 0.2) is 49.1 Å². The number of imidazole rings is 1. The van der Waals surface area contributed by atoms with Gasteiger partial charge < -0.3 is 20.3 Å². The molecule has 5 rings (SSSR count). The molecule has 1 fully saturated rings. The van der Waals surface area contributed by atoms with E-state index < -0.39 is 5.60 Å². The van der Waals surface area contributed by atoms with E-state index in [1.54, 1.807) is 25.6 Å². The fraction of sp³-hybridized carbons (Fsp3) is 0.333. The van der Waals surface area contributed by atoms with Crippen LogP contribution in [0.3, 0.4) is 0 Å². The Labute approximate surface area is 188 Å². The molecule has 1 aliphatic carbocycles. The Morgan fingerprint density at radius 1 is 1.13 bits per heavy atom. The highest BCUT2D eigenvalue weighted by Gasteiger charge is 2.34. The van der Waals surface area contributed by atoms with Crippen molar-refractivity contribution in [2.24, 2.45) is 7.05 Å². The second-order valence-electron chi connectivity index (χ2n) is 8.04. The van der Waals surface area contributed by atoms with Crippen molar-refractivity contribution in [3.8, 4) is 0 Å². The molecular weight excluding hydrogens is 410 g/mol. The van der Waals surface area contributed by atoms with Crippen LogP contribution in [0.1, 0.15) is 35.0 Å². The number of fused-ring (bicyclic) bond motifs is 2. The lowest BCUT2D eigenvalue weighted by Crippen LogP contribution is -2.39. The van der Waals surface area contributed by atoms with Gasteiger partial charge in [-0.05, 0) is 53.5 Å². The summed E-state index contributed by atoms with van der Waals surface area (Å²) >= 11 is 6.27. The molecule has 3 heterocycles. The molecule has 31 heavy (non-hydrogen) atoms. The van der Waals surface area contributed by atoms with E-state index >= 15 is 0 Å². The molecule has 1 saturated heterocycles. The Bertz CT molecular complexity index is 1070. The topological polar surface area (TPSA) is 75.0 Å². The Morgan fingerprint density at radius 2 is 1.87 bits per heavy atom. The smallest absolute Gasteiger partial charge is 0.129 e. The molecule has 0 radical (unpaired) electrons. The normalized spacial score (nSPS) is 17.2. The third-order valence-corrected chi connectivity index (χ3v) is 5.98. The molecule has 3 N–H and O–H groups in total. The second-order valence-corrected chi connectivity index (χ2v) is 8.47. The van der Waals surface area contributed by atoms with Crippen molar-refractivity contribution in [3.63, 3.8) is 0 Å². The molecule has 0 bridgehead atoms. The fourth-order valence-corrected chi connectivity index (χ4v) is 4.24. The number of aryl methyl sites for hydroxylation is 1. The first kappa shape index (κ1) is 21.7. The lowest BCUT2D eigenvalue weighted by atomic mass is 9.84. The average molecular weight is 438 g/mol. The molecule has 2 aromatic heterocycles. The molecule has 0 amide bonds. The number of nitrogens with one attached hydrogen (secondary N) is 2. The molecule has 3 aromatic rings. The zero-order valence-electron chi connectivity index (χ0n) is 17.9. The van der Waals surface area contributed by atoms with Crippen LogP contribution < -0.4 is 10.6 Å². The number of halogens is 1. The van der Waals surface area contributed by atoms with Crippen LogP contribution in [0.4, 0.5) is 0 Å². The quantitative estimate of drug-likeness (QED) is 0.574. The summed E-state index contributed by atoms with van der Waals surface area (Å²) in [5.74, 6) is 0. The molecule has 1 atom stereocenters. The van der Waals surface area contributed by atoms with Gasteiger partial charge in [-0.3, -0.25) is 4.98 Å². The highest BCUT2D eigenvalue weighted by Crippen LogP contribution is 2.41. The van der Waals surface area contributed by atoms with E-state index in [0.29, 0.717) is 11.4 Å². The maximum absolute atomic E-state index is 11.5. The van der Waals surface area contributed by atoms with Gasteiger partial charge in [0.2, 0.25) is 0 Å². The Balaban J connectivity index is 0.000000334. The molecule has 7 heteroatoms. The first-order valence-electron chi connectivity index (χ1n) is 10.5. The number of aliphatic hydroxyl groups is 1. The predicted octanol–water partition coefficient (Wildman–Crippen LogP) is 3.00. The third kappa shape index (κ3) is 4.72. The van der Waals surface area contributed by atoms with Crippen LogP contribution in [0.2, 0.25) is 5.02 Å². The number of benzene rings is 1. The summed E-state index contributed by atoms with van der Waals surface area (Å²) in [5.41, 5.74) is 4.32. The Kier molecular flexibility index (Phi) is 6.53. The second kappa shape index (κ2) is 9.32. The molecule has 2 aliphatic rings. The van der Waals surface area contributed by atoms with E-state index in [0.717, 1.165) is 59.8 Å². The van der Waals surface area contributed by atoms with Gasteiger partial charge in [0, 0.05) is 50.9 Å². The predicted molar refractivity (Wildman–Crippen MR) is 125 cm³/mol. The molecule has 162 valence electrons. The summed E-state index contributed by atoms with van der Waals surface area (Å²) in [5, 5.41) is 18.6. The monoisotopic (exact) mass is 437 g/mol. The summed E-state index contributed by atoms with van der Waals surface area (Å²) < 4.78 is 1.83. The zero-order chi connectivity index (χ0) is 21.8. The number of rotatable bonds is 2. The largest absolute Gasteiger partial charge is 0.379 e. The molecule has 6 nitrogen and oxygen atoms in total. The molecule has 1 aromatic carbocycles. The van der Waals surface area contributed by atoms with E-state index in [1.807, 2.05) is 48.0 Å². The van der Waals surface area contributed by atoms with Gasteiger partial charge in [-0.25, -0.2) is 4.98 Å². The number of hydrogen-bond acceptors (Lipinski definition) is 5. The lowest BCUT2D eigenvalue weighted by molar-refractivity contribution is 0.115. The van der Waals surface area contributed by atoms with Crippen LogP contribution in [0.5, 0.6) is 0 Å². The van der Waals surface area contributed by atoms with Crippen LogP contribution >= 0.6 is 11.6 Å². The third-order valence-electron chi connectivity index (χ3n) is 5.74. The van der Waals surface area contributed by atoms with Crippen molar-refractivity contribution >= 4 is 23.3 Å². The molecule has 0 saturated carbocycles. The van der Waals surface area contributed by atoms with Crippen molar-refractivity contribution < 1.29 is 5.11 Å². The van der Waals surface area contributed by atoms with Gasteiger partial charge >= 0.3 is 0 Å². The van der Waals surface area contributed by atoms with Crippen molar-refractivity contribution in [1.82, 2.24) is 25.2 Å². The maximum Gasteiger partial charge on any atom is 0.129 e. The highest BCUT2D eigenvalue weighted by molar-refractivity contribution is 6.30. The van der Waals surface area contributed by atoms with Crippen molar-refractivity contribution in [2.75, 3.05) is 26.2 Å². The first-order valence-corrected chi connectivity index (χ1v) is 10.9. The summed E-state index contributed by atoms with van der Waals surface area (Å²) in [4.78, 5) is 8.68. The highest BCUT2D eigenvalue weighted by atomic mass is 35.5. The van der Waals surface area contributed by atoms with Crippen LogP contribution in [-0.4, -0.2) is 45.8 Å². The Hall–Kier alpha value is -2.51. The molecular formula is C24H28ClN5O. The minimum Gasteiger partial charge on any atom is -0.379 e. The van der Waals surface area contributed by atoms with Crippen molar-refractivity contribution in [3.05, 3.63) is 82.2 Å². The van der Waals surface area contributed by atoms with E-state index in [-0.39, 0.29) is 0 Å². The summed E-state index contributed by atoms with van der Waals surface area (Å²) in [6, 6.07) is 9.74. The van der Waals surface area contributed by atoms with Gasteiger partial charge in [-0.15, -0.1) is 0 Å². The van der Waals surface area contributed by atoms with Gasteiger partial charge in [0.15, 0.2) is 0 Å². The summed E-state index contributed by atoms with van der Waals surface area (Å²) in [6.07, 6.45) is 7.89. The van der Waals surface area contributed by atoms with Crippen molar-refractivity contribution in [2.45, 2.75) is 18.9 Å². The summed E-state index contributed by atoms with van der Waals surface area (Å²) in [7, 11) is 1.88. The SMILES string of the molecule is C1CNCCN1.Cn1cncc1C(C)(O)C1=Cc2cccnc2Cc2ccc(Cl)cc21. The number of hydrogen-bond donors (Lipinski definition) is 3. The van der Waals surface area contributed by atoms with Crippen LogP contribution in [0.25, 0.3) is 11.6 Å². The van der Waals surface area contributed by atoms with Crippen molar-refractivity contribution in [1.29, 1.82) is 0 Å². The van der Waals surface area contributed by atoms with E-state index in [1.165, 1.54) is 0 Å². The molecule has 0 spiro atoms. The molecule has 1 unspecified atom stereocenters. The van der Waals surface area contributed by atoms with Gasteiger partial charge in [0.1, 0.15) is 5.60 Å². The van der Waals surface area contributed by atoms with Gasteiger partial charge in [0.05, 0.1) is 23.9 Å². The minimum absolute atomic E-state index is 0.643. The standard InChI is InChI=1S/C20H18ClN3O.C4H10N2/c1-20(25,19-11-22-12-24(19)2)17-8-14-4-3-7-23-18(14)9-13-5-6-15(21)10-16(13)17;1-2-6-4-3-5-1/h3-8,10-12,25H,9H2,1-2H3;5-6H,1-4H2. The number of nitrogens with zero attached hydrogens (tertiary/aromatic N) is 3. The van der Waals surface area contributed by atoms with Gasteiger partial charge in [-0.1, -0.05) is 23.7 Å². The van der Waals surface area contributed by atoms with E-state index in [2.05, 4.69) is 20.6 Å². The van der Waals surface area contributed by atoms with Gasteiger partial charge in [-0.2, -0.15) is 0 Å². The van der Waals surface area contributed by atoms with E-state index in [4.69, 9.17) is 11.6 Å². The number of piperazine rings is 1. The molecule has 1 aliphatic heterocycles. The maximum atomic E-state index is 11.5.